The van der Waals surface area contributed by atoms with Crippen LogP contribution in [0, 0.1) is 5.82 Å². The van der Waals surface area contributed by atoms with Gasteiger partial charge in [-0.25, -0.2) is 4.39 Å². The minimum atomic E-state index is -0.614. The third-order valence-electron chi connectivity index (χ3n) is 2.24. The predicted molar refractivity (Wildman–Crippen MR) is 55.5 cm³/mol. The average Bonchev–Trinajstić information content (AvgIpc) is 2.77. The minimum absolute atomic E-state index is 0.0191. The SMILES string of the molecule is CCn1cc(C(=O)c2ccncc2F)cn1. The number of aryl methyl sites for hydroxylation is 1. The van der Waals surface area contributed by atoms with E-state index in [2.05, 4.69) is 10.1 Å². The first-order valence-corrected chi connectivity index (χ1v) is 4.89. The molecule has 4 nitrogen and oxygen atoms in total. The molecule has 2 rings (SSSR count). The van der Waals surface area contributed by atoms with Gasteiger partial charge in [-0.1, -0.05) is 0 Å². The molecule has 0 amide bonds. The van der Waals surface area contributed by atoms with E-state index in [0.717, 1.165) is 6.20 Å². The highest BCUT2D eigenvalue weighted by molar-refractivity contribution is 6.08. The number of hydrogen-bond acceptors (Lipinski definition) is 3. The Morgan fingerprint density at radius 3 is 2.94 bits per heavy atom. The summed E-state index contributed by atoms with van der Waals surface area (Å²) in [7, 11) is 0. The lowest BCUT2D eigenvalue weighted by Crippen LogP contribution is -2.03. The van der Waals surface area contributed by atoms with Crippen LogP contribution in [0.1, 0.15) is 22.8 Å². The van der Waals surface area contributed by atoms with E-state index >= 15 is 0 Å². The van der Waals surface area contributed by atoms with Crippen molar-refractivity contribution in [2.24, 2.45) is 0 Å². The van der Waals surface area contributed by atoms with E-state index in [1.54, 1.807) is 10.9 Å². The lowest BCUT2D eigenvalue weighted by molar-refractivity contribution is 0.103. The second kappa shape index (κ2) is 4.22. The molecule has 5 heteroatoms. The quantitative estimate of drug-likeness (QED) is 0.738. The largest absolute Gasteiger partial charge is 0.288 e. The number of pyridine rings is 1. The Kier molecular flexibility index (Phi) is 2.76. The van der Waals surface area contributed by atoms with E-state index in [0.29, 0.717) is 12.1 Å². The Bertz CT molecular complexity index is 521. The van der Waals surface area contributed by atoms with Crippen molar-refractivity contribution in [3.05, 3.63) is 47.8 Å². The van der Waals surface area contributed by atoms with Crippen molar-refractivity contribution in [2.75, 3.05) is 0 Å². The van der Waals surface area contributed by atoms with Crippen LogP contribution in [0.25, 0.3) is 0 Å². The summed E-state index contributed by atoms with van der Waals surface area (Å²) in [6, 6.07) is 1.36. The van der Waals surface area contributed by atoms with Gasteiger partial charge in [-0.2, -0.15) is 5.10 Å². The van der Waals surface area contributed by atoms with Crippen molar-refractivity contribution < 1.29 is 9.18 Å². The molecule has 0 fully saturated rings. The fourth-order valence-corrected chi connectivity index (χ4v) is 1.37. The Morgan fingerprint density at radius 1 is 1.50 bits per heavy atom. The normalized spacial score (nSPS) is 10.4. The van der Waals surface area contributed by atoms with Gasteiger partial charge in [0.25, 0.3) is 0 Å². The Labute approximate surface area is 91.7 Å². The van der Waals surface area contributed by atoms with Crippen LogP contribution in [-0.2, 0) is 6.54 Å². The molecular formula is C11H10FN3O. The van der Waals surface area contributed by atoms with Gasteiger partial charge in [-0.15, -0.1) is 0 Å². The number of rotatable bonds is 3. The minimum Gasteiger partial charge on any atom is -0.288 e. The summed E-state index contributed by atoms with van der Waals surface area (Å²) in [6.07, 6.45) is 5.45. The van der Waals surface area contributed by atoms with Gasteiger partial charge in [-0.3, -0.25) is 14.5 Å². The van der Waals surface area contributed by atoms with Crippen LogP contribution >= 0.6 is 0 Å². The maximum absolute atomic E-state index is 13.3. The molecule has 2 aromatic rings. The fourth-order valence-electron chi connectivity index (χ4n) is 1.37. The van der Waals surface area contributed by atoms with E-state index < -0.39 is 5.82 Å². The lowest BCUT2D eigenvalue weighted by Gasteiger charge is -1.98. The highest BCUT2D eigenvalue weighted by Crippen LogP contribution is 2.11. The fraction of sp³-hybridized carbons (Fsp3) is 0.182. The summed E-state index contributed by atoms with van der Waals surface area (Å²) in [5, 5.41) is 3.97. The molecule has 0 aliphatic carbocycles. The number of nitrogens with zero attached hydrogens (tertiary/aromatic N) is 3. The Morgan fingerprint density at radius 2 is 2.31 bits per heavy atom. The molecule has 0 radical (unpaired) electrons. The van der Waals surface area contributed by atoms with E-state index in [1.807, 2.05) is 6.92 Å². The van der Waals surface area contributed by atoms with Crippen LogP contribution in [0.3, 0.4) is 0 Å². The number of carbonyl (C=O) groups is 1. The highest BCUT2D eigenvalue weighted by atomic mass is 19.1. The van der Waals surface area contributed by atoms with Gasteiger partial charge in [0.05, 0.1) is 23.5 Å². The number of halogens is 1. The second-order valence-corrected chi connectivity index (χ2v) is 3.27. The third-order valence-corrected chi connectivity index (χ3v) is 2.24. The van der Waals surface area contributed by atoms with Gasteiger partial charge in [-0.05, 0) is 13.0 Å². The average molecular weight is 219 g/mol. The Hall–Kier alpha value is -2.04. The van der Waals surface area contributed by atoms with E-state index in [-0.39, 0.29) is 11.3 Å². The zero-order chi connectivity index (χ0) is 11.5. The maximum atomic E-state index is 13.3. The van der Waals surface area contributed by atoms with Crippen molar-refractivity contribution in [1.82, 2.24) is 14.8 Å². The lowest BCUT2D eigenvalue weighted by atomic mass is 10.1. The van der Waals surface area contributed by atoms with Crippen molar-refractivity contribution in [3.63, 3.8) is 0 Å². The van der Waals surface area contributed by atoms with E-state index in [1.165, 1.54) is 18.5 Å². The number of ketones is 1. The molecule has 0 N–H and O–H groups in total. The van der Waals surface area contributed by atoms with Crippen LogP contribution in [0.5, 0.6) is 0 Å². The molecule has 0 bridgehead atoms. The zero-order valence-electron chi connectivity index (χ0n) is 8.72. The first kappa shape index (κ1) is 10.5. The third kappa shape index (κ3) is 1.84. The summed E-state index contributed by atoms with van der Waals surface area (Å²) in [6.45, 7) is 2.58. The molecule has 0 spiro atoms. The van der Waals surface area contributed by atoms with Gasteiger partial charge < -0.3 is 0 Å². The van der Waals surface area contributed by atoms with Crippen molar-refractivity contribution in [1.29, 1.82) is 0 Å². The molecule has 0 atom stereocenters. The van der Waals surface area contributed by atoms with E-state index in [4.69, 9.17) is 0 Å². The number of aromatic nitrogens is 3. The summed E-state index contributed by atoms with van der Waals surface area (Å²) in [5.74, 6) is -0.989. The number of carbonyl (C=O) groups excluding carboxylic acids is 1. The highest BCUT2D eigenvalue weighted by Gasteiger charge is 2.15. The van der Waals surface area contributed by atoms with Gasteiger partial charge in [0, 0.05) is 18.9 Å². The summed E-state index contributed by atoms with van der Waals surface area (Å²) in [5.41, 5.74) is 0.401. The van der Waals surface area contributed by atoms with Crippen LogP contribution in [0.4, 0.5) is 4.39 Å². The molecule has 2 aromatic heterocycles. The molecule has 82 valence electrons. The summed E-state index contributed by atoms with van der Waals surface area (Å²) < 4.78 is 14.9. The predicted octanol–water partition coefficient (Wildman–Crippen LogP) is 1.67. The van der Waals surface area contributed by atoms with Crippen molar-refractivity contribution in [2.45, 2.75) is 13.5 Å². The van der Waals surface area contributed by atoms with Crippen molar-refractivity contribution >= 4 is 5.78 Å². The standard InChI is InChI=1S/C11H10FN3O/c1-2-15-7-8(5-14-15)11(16)9-3-4-13-6-10(9)12/h3-7H,2H2,1H3. The summed E-state index contributed by atoms with van der Waals surface area (Å²) >= 11 is 0. The molecule has 0 aliphatic rings. The van der Waals surface area contributed by atoms with Crippen LogP contribution < -0.4 is 0 Å². The molecule has 0 saturated heterocycles. The van der Waals surface area contributed by atoms with E-state index in [9.17, 15) is 9.18 Å². The smallest absolute Gasteiger partial charge is 0.199 e. The van der Waals surface area contributed by atoms with Crippen LogP contribution in [-0.4, -0.2) is 20.5 Å². The number of hydrogen-bond donors (Lipinski definition) is 0. The zero-order valence-corrected chi connectivity index (χ0v) is 8.72. The molecule has 0 aromatic carbocycles. The molecule has 0 saturated carbocycles. The molecule has 0 unspecified atom stereocenters. The molecule has 0 aliphatic heterocycles. The van der Waals surface area contributed by atoms with Gasteiger partial charge in [0.2, 0.25) is 0 Å². The summed E-state index contributed by atoms with van der Waals surface area (Å²) in [4.78, 5) is 15.5. The van der Waals surface area contributed by atoms with Crippen LogP contribution in [0.15, 0.2) is 30.9 Å². The molecule has 16 heavy (non-hydrogen) atoms. The maximum Gasteiger partial charge on any atom is 0.199 e. The van der Waals surface area contributed by atoms with Crippen molar-refractivity contribution in [3.8, 4) is 0 Å². The monoisotopic (exact) mass is 219 g/mol. The second-order valence-electron chi connectivity index (χ2n) is 3.27. The molecule has 2 heterocycles. The Balaban J connectivity index is 2.35. The first-order chi connectivity index (χ1) is 7.72. The van der Waals surface area contributed by atoms with Gasteiger partial charge in [0.15, 0.2) is 11.6 Å². The topological polar surface area (TPSA) is 47.8 Å². The van der Waals surface area contributed by atoms with Gasteiger partial charge >= 0.3 is 0 Å². The van der Waals surface area contributed by atoms with Gasteiger partial charge in [0.1, 0.15) is 0 Å². The van der Waals surface area contributed by atoms with Crippen LogP contribution in [0.2, 0.25) is 0 Å². The first-order valence-electron chi connectivity index (χ1n) is 4.89. The molecular weight excluding hydrogens is 209 g/mol.